The van der Waals surface area contributed by atoms with Crippen LogP contribution < -0.4 is 11.1 Å². The van der Waals surface area contributed by atoms with Gasteiger partial charge < -0.3 is 11.1 Å². The largest absolute Gasteiger partial charge is 0.353 e. The van der Waals surface area contributed by atoms with Crippen LogP contribution in [0.4, 0.5) is 0 Å². The Hall–Kier alpha value is -1.35. The summed E-state index contributed by atoms with van der Waals surface area (Å²) in [6, 6.07) is 11.9. The molecule has 4 bridgehead atoms. The molecule has 2 unspecified atom stereocenters. The summed E-state index contributed by atoms with van der Waals surface area (Å²) in [5.41, 5.74) is 7.69. The Bertz CT molecular complexity index is 750. The molecule has 1 aromatic rings. The van der Waals surface area contributed by atoms with Crippen LogP contribution in [0.25, 0.3) is 0 Å². The van der Waals surface area contributed by atoms with Crippen LogP contribution in [0.3, 0.4) is 0 Å². The van der Waals surface area contributed by atoms with Crippen LogP contribution >= 0.6 is 0 Å². The molecule has 31 heavy (non-hydrogen) atoms. The predicted octanol–water partition coefficient (Wildman–Crippen LogP) is 5.72. The zero-order valence-corrected chi connectivity index (χ0v) is 19.5. The molecule has 0 saturated heterocycles. The molecule has 0 radical (unpaired) electrons. The first-order chi connectivity index (χ1) is 15.0. The maximum atomic E-state index is 13.8. The van der Waals surface area contributed by atoms with Crippen LogP contribution in [0.15, 0.2) is 30.3 Å². The number of carbonyl (C=O) groups excluding carboxylic acids is 1. The first kappa shape index (κ1) is 21.5. The van der Waals surface area contributed by atoms with Crippen molar-refractivity contribution < 1.29 is 4.79 Å². The Labute approximate surface area is 188 Å². The highest BCUT2D eigenvalue weighted by molar-refractivity contribution is 5.84. The van der Waals surface area contributed by atoms with Gasteiger partial charge in [-0.3, -0.25) is 4.79 Å². The smallest absolute Gasteiger partial charge is 0.226 e. The van der Waals surface area contributed by atoms with E-state index in [0.717, 1.165) is 62.7 Å². The van der Waals surface area contributed by atoms with Gasteiger partial charge >= 0.3 is 0 Å². The van der Waals surface area contributed by atoms with Crippen molar-refractivity contribution in [2.45, 2.75) is 108 Å². The summed E-state index contributed by atoms with van der Waals surface area (Å²) >= 11 is 0. The van der Waals surface area contributed by atoms with Crippen LogP contribution in [0.5, 0.6) is 0 Å². The normalized spacial score (nSPS) is 41.3. The van der Waals surface area contributed by atoms with Gasteiger partial charge in [0.2, 0.25) is 5.91 Å². The third-order valence-electron chi connectivity index (χ3n) is 9.62. The van der Waals surface area contributed by atoms with Gasteiger partial charge in [-0.15, -0.1) is 0 Å². The Balaban J connectivity index is 1.39. The first-order valence-corrected chi connectivity index (χ1v) is 13.2. The molecule has 0 heterocycles. The van der Waals surface area contributed by atoms with Crippen LogP contribution in [-0.2, 0) is 10.2 Å². The maximum Gasteiger partial charge on any atom is 0.226 e. The van der Waals surface area contributed by atoms with Gasteiger partial charge in [-0.1, -0.05) is 56.5 Å². The quantitative estimate of drug-likeness (QED) is 0.552. The lowest BCUT2D eigenvalue weighted by atomic mass is 9.39. The van der Waals surface area contributed by atoms with E-state index in [2.05, 4.69) is 42.6 Å². The van der Waals surface area contributed by atoms with E-state index in [9.17, 15) is 4.79 Å². The molecule has 5 aliphatic carbocycles. The lowest BCUT2D eigenvalue weighted by molar-refractivity contribution is -0.159. The molecule has 1 aromatic carbocycles. The summed E-state index contributed by atoms with van der Waals surface area (Å²) in [5.74, 6) is 2.68. The van der Waals surface area contributed by atoms with Crippen molar-refractivity contribution >= 4 is 5.91 Å². The number of carbonyl (C=O) groups is 1. The van der Waals surface area contributed by atoms with E-state index in [1.165, 1.54) is 44.1 Å². The topological polar surface area (TPSA) is 55.1 Å². The van der Waals surface area contributed by atoms with Gasteiger partial charge in [0.1, 0.15) is 0 Å². The van der Waals surface area contributed by atoms with Crippen molar-refractivity contribution in [3.8, 4) is 0 Å². The molecule has 3 N–H and O–H groups in total. The SMILES string of the molecule is CCCCCC1C2CC3(C(=O)N[C@H]4CC[C@H](N)CC4)CC1CC(c1ccccc1)(C2)C3. The van der Waals surface area contributed by atoms with Crippen molar-refractivity contribution in [3.05, 3.63) is 35.9 Å². The minimum absolute atomic E-state index is 0.136. The number of hydrogen-bond acceptors (Lipinski definition) is 2. The molecule has 170 valence electrons. The molecule has 3 nitrogen and oxygen atoms in total. The highest BCUT2D eigenvalue weighted by atomic mass is 16.2. The second-order valence-electron chi connectivity index (χ2n) is 11.7. The van der Waals surface area contributed by atoms with Gasteiger partial charge in [0.05, 0.1) is 5.41 Å². The van der Waals surface area contributed by atoms with E-state index in [-0.39, 0.29) is 10.8 Å². The van der Waals surface area contributed by atoms with Crippen LogP contribution in [0.2, 0.25) is 0 Å². The monoisotopic (exact) mass is 422 g/mol. The number of hydrogen-bond donors (Lipinski definition) is 2. The zero-order valence-electron chi connectivity index (χ0n) is 19.5. The predicted molar refractivity (Wildman–Crippen MR) is 127 cm³/mol. The van der Waals surface area contributed by atoms with Gasteiger partial charge in [0.15, 0.2) is 0 Å². The van der Waals surface area contributed by atoms with E-state index in [4.69, 9.17) is 5.73 Å². The van der Waals surface area contributed by atoms with Crippen molar-refractivity contribution in [2.75, 3.05) is 0 Å². The summed E-state index contributed by atoms with van der Waals surface area (Å²) in [7, 11) is 0. The van der Waals surface area contributed by atoms with E-state index in [1.807, 2.05) is 0 Å². The number of unbranched alkanes of at least 4 members (excludes halogenated alkanes) is 2. The second-order valence-corrected chi connectivity index (χ2v) is 11.7. The van der Waals surface area contributed by atoms with Crippen molar-refractivity contribution in [1.29, 1.82) is 0 Å². The second kappa shape index (κ2) is 8.54. The molecule has 5 aliphatic rings. The number of nitrogens with one attached hydrogen (secondary N) is 1. The van der Waals surface area contributed by atoms with Crippen molar-refractivity contribution in [3.63, 3.8) is 0 Å². The van der Waals surface area contributed by atoms with E-state index in [1.54, 1.807) is 0 Å². The number of rotatable bonds is 7. The van der Waals surface area contributed by atoms with Crippen LogP contribution in [0.1, 0.15) is 96.0 Å². The standard InChI is InChI=1S/C28H42N2O/c1-2-3-5-10-25-20-15-27(22-8-6-4-7-9-22)16-21(25)18-28(17-20,19-27)26(31)30-24-13-11-23(29)12-14-24/h4,6-9,20-21,23-25H,2-3,5,10-19,29H2,1H3,(H,30,31)/t20?,21?,23-,24-,25?,27?,28?. The molecule has 6 rings (SSSR count). The molecule has 0 spiro atoms. The van der Waals surface area contributed by atoms with E-state index >= 15 is 0 Å². The Morgan fingerprint density at radius 3 is 2.32 bits per heavy atom. The molecule has 1 amide bonds. The van der Waals surface area contributed by atoms with Gasteiger partial charge in [-0.2, -0.15) is 0 Å². The fraction of sp³-hybridized carbons (Fsp3) is 0.750. The lowest BCUT2D eigenvalue weighted by Crippen LogP contribution is -2.62. The third-order valence-corrected chi connectivity index (χ3v) is 9.62. The first-order valence-electron chi connectivity index (χ1n) is 13.2. The van der Waals surface area contributed by atoms with Crippen molar-refractivity contribution in [1.82, 2.24) is 5.32 Å². The molecular formula is C28H42N2O. The zero-order chi connectivity index (χ0) is 21.5. The maximum absolute atomic E-state index is 13.8. The lowest BCUT2D eigenvalue weighted by Gasteiger charge is -2.64. The molecule has 3 heteroatoms. The van der Waals surface area contributed by atoms with Crippen molar-refractivity contribution in [2.24, 2.45) is 28.9 Å². The van der Waals surface area contributed by atoms with Gasteiger partial charge in [0.25, 0.3) is 0 Å². The average molecular weight is 423 g/mol. The Kier molecular flexibility index (Phi) is 5.92. The Morgan fingerprint density at radius 1 is 1.00 bits per heavy atom. The minimum Gasteiger partial charge on any atom is -0.353 e. The summed E-state index contributed by atoms with van der Waals surface area (Å²) in [6.45, 7) is 2.30. The average Bonchev–Trinajstić information content (AvgIpc) is 2.77. The minimum atomic E-state index is -0.136. The van der Waals surface area contributed by atoms with Gasteiger partial charge in [-0.25, -0.2) is 0 Å². The van der Waals surface area contributed by atoms with Gasteiger partial charge in [-0.05, 0) is 92.9 Å². The number of benzene rings is 1. The summed E-state index contributed by atoms with van der Waals surface area (Å²) in [6.07, 6.45) is 15.6. The summed E-state index contributed by atoms with van der Waals surface area (Å²) in [4.78, 5) is 13.8. The van der Waals surface area contributed by atoms with Crippen LogP contribution in [0, 0.1) is 23.2 Å². The Morgan fingerprint density at radius 2 is 1.68 bits per heavy atom. The molecule has 5 fully saturated rings. The molecule has 2 atom stereocenters. The fourth-order valence-electron chi connectivity index (χ4n) is 8.34. The molecule has 5 saturated carbocycles. The van der Waals surface area contributed by atoms with E-state index < -0.39 is 0 Å². The molecular weight excluding hydrogens is 380 g/mol. The van der Waals surface area contributed by atoms with Gasteiger partial charge in [0, 0.05) is 12.1 Å². The molecule has 0 aliphatic heterocycles. The van der Waals surface area contributed by atoms with E-state index in [0.29, 0.717) is 18.0 Å². The highest BCUT2D eigenvalue weighted by Gasteiger charge is 2.63. The number of amides is 1. The highest BCUT2D eigenvalue weighted by Crippen LogP contribution is 2.68. The summed E-state index contributed by atoms with van der Waals surface area (Å²) < 4.78 is 0. The number of nitrogens with two attached hydrogens (primary N) is 1. The molecule has 0 aromatic heterocycles. The third kappa shape index (κ3) is 3.96. The summed E-state index contributed by atoms with van der Waals surface area (Å²) in [5, 5.41) is 3.54. The van der Waals surface area contributed by atoms with Crippen LogP contribution in [-0.4, -0.2) is 18.0 Å². The fourth-order valence-corrected chi connectivity index (χ4v) is 8.34.